The number of aryl methyl sites for hydroxylation is 1. The first kappa shape index (κ1) is 60.9. The van der Waals surface area contributed by atoms with Crippen molar-refractivity contribution in [1.29, 1.82) is 0 Å². The van der Waals surface area contributed by atoms with Gasteiger partial charge in [-0.25, -0.2) is 5.06 Å². The van der Waals surface area contributed by atoms with Crippen LogP contribution in [-0.2, 0) is 28.8 Å². The van der Waals surface area contributed by atoms with Crippen LogP contribution >= 0.6 is 12.4 Å². The summed E-state index contributed by atoms with van der Waals surface area (Å²) in [5.41, 5.74) is 5.55. The Morgan fingerprint density at radius 1 is 0.871 bits per heavy atom. The fourth-order valence-electron chi connectivity index (χ4n) is 6.92. The van der Waals surface area contributed by atoms with E-state index in [9.17, 15) is 23.6 Å². The molecule has 2 fully saturated rings. The fraction of sp³-hybridized carbons (Fsp3) is 0.477. The van der Waals surface area contributed by atoms with E-state index in [-0.39, 0.29) is 129 Å². The Kier molecular flexibility index (Phi) is 32.8. The van der Waals surface area contributed by atoms with Crippen LogP contribution < -0.4 is 117 Å². The van der Waals surface area contributed by atoms with Crippen molar-refractivity contribution >= 4 is 34.8 Å². The first-order valence-electron chi connectivity index (χ1n) is 20.1. The number of hydrogen-bond donors (Lipinski definition) is 1. The van der Waals surface area contributed by atoms with Crippen molar-refractivity contribution in [1.82, 2.24) is 14.9 Å². The average Bonchev–Trinajstić information content (AvgIpc) is 3.21. The SMILES string of the molecule is CC1=CC(=C2C=CC(=O)C=C2)C=CN1O.C[C@H]1CCCN(CCCOS(C)(=O)=O)C1.Cc1cc(-c2ccc(OCCCN3CCC[C@H](C)C3)cc2)cc[n+]1[O-].Cl.O=CO[O-].[H-].[K+].[K+]. The van der Waals surface area contributed by atoms with Gasteiger partial charge < -0.3 is 31.3 Å². The fourth-order valence-corrected chi connectivity index (χ4v) is 7.34. The van der Waals surface area contributed by atoms with Gasteiger partial charge in [0.05, 0.1) is 19.5 Å². The van der Waals surface area contributed by atoms with Gasteiger partial charge in [-0.3, -0.25) is 19.0 Å². The average molecular weight is 954 g/mol. The summed E-state index contributed by atoms with van der Waals surface area (Å²) in [7, 11) is -3.26. The second-order valence-electron chi connectivity index (χ2n) is 15.2. The number of likely N-dealkylation sites (tertiary alicyclic amines) is 2. The predicted molar refractivity (Wildman–Crippen MR) is 233 cm³/mol. The number of piperidine rings is 2. The van der Waals surface area contributed by atoms with Gasteiger partial charge in [-0.1, -0.05) is 38.1 Å². The van der Waals surface area contributed by atoms with Crippen LogP contribution in [0.5, 0.6) is 5.75 Å². The summed E-state index contributed by atoms with van der Waals surface area (Å²) in [6.45, 7) is 15.9. The van der Waals surface area contributed by atoms with Crippen molar-refractivity contribution in [3.63, 3.8) is 0 Å². The number of benzene rings is 1. The Labute approximate surface area is 461 Å². The summed E-state index contributed by atoms with van der Waals surface area (Å²) < 4.78 is 32.8. The van der Waals surface area contributed by atoms with Crippen LogP contribution in [0.25, 0.3) is 11.1 Å². The van der Waals surface area contributed by atoms with Crippen LogP contribution in [0.15, 0.2) is 102 Å². The van der Waals surface area contributed by atoms with Crippen molar-refractivity contribution in [3.8, 4) is 16.9 Å². The molecule has 4 aliphatic rings. The maximum atomic E-state index is 11.4. The summed E-state index contributed by atoms with van der Waals surface area (Å²) in [6.07, 6.45) is 21.6. The van der Waals surface area contributed by atoms with E-state index in [4.69, 9.17) is 19.0 Å². The number of halogens is 1. The molecule has 334 valence electrons. The van der Waals surface area contributed by atoms with Crippen molar-refractivity contribution in [3.05, 3.63) is 113 Å². The molecule has 1 N–H and O–H groups in total. The van der Waals surface area contributed by atoms with E-state index >= 15 is 0 Å². The number of hydroxylamine groups is 2. The van der Waals surface area contributed by atoms with Crippen molar-refractivity contribution in [2.45, 2.75) is 66.2 Å². The molecule has 14 nitrogen and oxygen atoms in total. The number of hydrogen-bond acceptors (Lipinski definition) is 13. The van der Waals surface area contributed by atoms with E-state index in [1.807, 2.05) is 56.3 Å². The van der Waals surface area contributed by atoms with Gasteiger partial charge in [0.25, 0.3) is 16.6 Å². The zero-order valence-corrected chi connectivity index (χ0v) is 45.3. The predicted octanol–water partition coefficient (Wildman–Crippen LogP) is -0.0418. The molecule has 6 rings (SSSR count). The van der Waals surface area contributed by atoms with Crippen molar-refractivity contribution in [2.24, 2.45) is 11.8 Å². The smallest absolute Gasteiger partial charge is 1.00 e. The first-order chi connectivity index (χ1) is 28.2. The Morgan fingerprint density at radius 3 is 1.90 bits per heavy atom. The van der Waals surface area contributed by atoms with Crippen LogP contribution in [0.4, 0.5) is 0 Å². The van der Waals surface area contributed by atoms with E-state index in [1.165, 1.54) is 50.9 Å². The number of pyridine rings is 1. The molecular formula is C44H63ClK2N4O10S. The molecule has 1 aliphatic carbocycles. The molecule has 0 amide bonds. The monoisotopic (exact) mass is 952 g/mol. The molecule has 0 saturated carbocycles. The van der Waals surface area contributed by atoms with Gasteiger partial charge in [-0.2, -0.15) is 13.1 Å². The minimum absolute atomic E-state index is 0. The summed E-state index contributed by atoms with van der Waals surface area (Å²) in [4.78, 5) is 27.1. The maximum absolute atomic E-state index is 11.4. The van der Waals surface area contributed by atoms with Gasteiger partial charge in [0.1, 0.15) is 5.75 Å². The van der Waals surface area contributed by atoms with Gasteiger partial charge in [0.15, 0.2) is 17.7 Å². The number of allylic oxidation sites excluding steroid dienone is 9. The van der Waals surface area contributed by atoms with Crippen molar-refractivity contribution < 1.29 is 151 Å². The molecule has 0 bridgehead atoms. The standard InChI is InChI=1S/C21H28N2O2.C12H11NO2.C10H21NO3S.CH2O3.ClH.2K.H/c1-17-5-3-11-22(16-17)12-4-14-25-21-8-6-19(7-9-21)20-10-13-23(24)18(2)15-20;1-9-8-11(6-7-13(9)15)10-2-4-12(14)5-3-10;1-10-5-3-6-11(9-10)7-4-8-14-15(2,12)13;2-1-4-3;;;;/h6-10,13,15,17H,3-5,11-12,14,16H2,1-2H3;2-8,15H,1H3;10H,3-9H2,1-2H3;1,3H;1H;;;/q;;;;;2*+1;-1/p-1/t17-;;10-;;;;;/m0.0...../s1. The molecule has 18 heteroatoms. The molecule has 2 aromatic rings. The molecular weight excluding hydrogens is 890 g/mol. The number of aromatic nitrogens is 1. The molecule has 4 heterocycles. The van der Waals surface area contributed by atoms with E-state index in [2.05, 4.69) is 28.5 Å². The third-order valence-corrected chi connectivity index (χ3v) is 10.5. The quantitative estimate of drug-likeness (QED) is 0.0439. The second kappa shape index (κ2) is 33.4. The number of ketones is 1. The molecule has 0 unspecified atom stereocenters. The van der Waals surface area contributed by atoms with Crippen LogP contribution in [-0.4, -0.2) is 99.5 Å². The van der Waals surface area contributed by atoms with Crippen molar-refractivity contribution in [2.75, 3.05) is 58.7 Å². The maximum Gasteiger partial charge on any atom is 1.00 e. The first-order valence-corrected chi connectivity index (χ1v) is 21.9. The van der Waals surface area contributed by atoms with Gasteiger partial charge >= 0.3 is 103 Å². The van der Waals surface area contributed by atoms with E-state index in [1.54, 1.807) is 30.6 Å². The molecule has 0 radical (unpaired) electrons. The number of rotatable bonds is 12. The molecule has 0 spiro atoms. The molecule has 3 aliphatic heterocycles. The molecule has 1 aromatic carbocycles. The van der Waals surface area contributed by atoms with E-state index in [0.717, 1.165) is 107 Å². The zero-order chi connectivity index (χ0) is 43.2. The third-order valence-electron chi connectivity index (χ3n) is 9.92. The minimum atomic E-state index is -3.26. The van der Waals surface area contributed by atoms with Crippen LogP contribution in [0, 0.1) is 24.0 Å². The number of ether oxygens (including phenoxy) is 1. The largest absolute Gasteiger partial charge is 1.00 e. The van der Waals surface area contributed by atoms with E-state index in [0.29, 0.717) is 12.3 Å². The minimum Gasteiger partial charge on any atom is -1.00 e. The van der Waals surface area contributed by atoms with Gasteiger partial charge in [-0.05, 0) is 129 Å². The Morgan fingerprint density at radius 2 is 1.42 bits per heavy atom. The topological polar surface area (TPSA) is 176 Å². The summed E-state index contributed by atoms with van der Waals surface area (Å²) in [6, 6.07) is 11.9. The van der Waals surface area contributed by atoms with E-state index < -0.39 is 10.1 Å². The van der Waals surface area contributed by atoms with Gasteiger partial charge in [0.2, 0.25) is 0 Å². The number of nitrogens with zero attached hydrogens (tertiary/aromatic N) is 4. The molecule has 2 atom stereocenters. The number of carbonyl (C=O) groups is 2. The summed E-state index contributed by atoms with van der Waals surface area (Å²) in [5, 5.41) is 30.2. The zero-order valence-electron chi connectivity index (χ0n) is 38.4. The normalized spacial score (nSPS) is 18.4. The second-order valence-corrected chi connectivity index (χ2v) is 16.8. The summed E-state index contributed by atoms with van der Waals surface area (Å²) >= 11 is 0. The van der Waals surface area contributed by atoms with Crippen LogP contribution in [0.2, 0.25) is 0 Å². The van der Waals surface area contributed by atoms with Gasteiger partial charge in [0, 0.05) is 57.1 Å². The molecule has 2 saturated heterocycles. The van der Waals surface area contributed by atoms with Gasteiger partial charge in [-0.15, -0.1) is 12.4 Å². The Bertz CT molecular complexity index is 1900. The van der Waals surface area contributed by atoms with Crippen LogP contribution in [0.3, 0.4) is 0 Å². The van der Waals surface area contributed by atoms with Crippen LogP contribution in [0.1, 0.15) is 66.4 Å². The third kappa shape index (κ3) is 25.0. The number of carbonyl (C=O) groups excluding carboxylic acids is 2. The summed E-state index contributed by atoms with van der Waals surface area (Å²) in [5.74, 6) is 2.51. The molecule has 62 heavy (non-hydrogen) atoms. The Balaban J connectivity index is 0. The molecule has 1 aromatic heterocycles. The Hall–Kier alpha value is -1.08.